The van der Waals surface area contributed by atoms with Crippen LogP contribution in [-0.4, -0.2) is 0 Å². The highest BCUT2D eigenvalue weighted by Gasteiger charge is 2.20. The third-order valence-corrected chi connectivity index (χ3v) is 10.6. The van der Waals surface area contributed by atoms with Gasteiger partial charge in [-0.3, -0.25) is 0 Å². The summed E-state index contributed by atoms with van der Waals surface area (Å²) in [5.74, 6) is 0. The first kappa shape index (κ1) is 24.8. The van der Waals surface area contributed by atoms with Crippen molar-refractivity contribution in [3.63, 3.8) is 0 Å². The molecule has 0 aliphatic heterocycles. The van der Waals surface area contributed by atoms with E-state index in [1.807, 2.05) is 133 Å². The topological polar surface area (TPSA) is 16.4 Å². The molecule has 10 aromatic carbocycles. The van der Waals surface area contributed by atoms with Gasteiger partial charge < -0.3 is 9.32 Å². The molecule has 0 unspecified atom stereocenters. The summed E-state index contributed by atoms with van der Waals surface area (Å²) in [6, 6.07) is 48.8. The Morgan fingerprint density at radius 2 is 0.875 bits per heavy atom. The summed E-state index contributed by atoms with van der Waals surface area (Å²) in [5, 5.41) is 7.05. The number of fused-ring (bicyclic) bond motifs is 8. The monoisotopic (exact) mass is 721 g/mol. The molecule has 0 fully saturated rings. The van der Waals surface area contributed by atoms with Gasteiger partial charge in [-0.25, -0.2) is 0 Å². The molecule has 2 heteroatoms. The van der Waals surface area contributed by atoms with Gasteiger partial charge in [0.25, 0.3) is 0 Å². The van der Waals surface area contributed by atoms with Crippen molar-refractivity contribution in [3.8, 4) is 33.4 Å². The first-order valence-corrected chi connectivity index (χ1v) is 18.5. The van der Waals surface area contributed by atoms with Crippen molar-refractivity contribution in [1.82, 2.24) is 0 Å². The number of benzene rings is 10. The predicted octanol–water partition coefficient (Wildman–Crippen LogP) is 15.5. The zero-order valence-electron chi connectivity index (χ0n) is 37.9. The van der Waals surface area contributed by atoms with Crippen LogP contribution in [0.25, 0.3) is 87.6 Å². The van der Waals surface area contributed by atoms with E-state index in [1.54, 1.807) is 30.3 Å². The Kier molecular flexibility index (Phi) is 5.83. The van der Waals surface area contributed by atoms with Gasteiger partial charge in [0.15, 0.2) is 0 Å². The van der Waals surface area contributed by atoms with Crippen molar-refractivity contribution in [2.75, 3.05) is 4.90 Å². The summed E-state index contributed by atoms with van der Waals surface area (Å²) in [6.45, 7) is 0. The summed E-state index contributed by atoms with van der Waals surface area (Å²) >= 11 is 0. The summed E-state index contributed by atoms with van der Waals surface area (Å²) in [6.07, 6.45) is 0. The molecule has 0 bridgehead atoms. The zero-order chi connectivity index (χ0) is 44.0. The number of hydrogen-bond donors (Lipinski definition) is 0. The Bertz CT molecular complexity index is 3660. The van der Waals surface area contributed by atoms with E-state index in [-0.39, 0.29) is 46.7 Å². The van der Waals surface area contributed by atoms with Crippen molar-refractivity contribution in [1.29, 1.82) is 0 Å². The largest absolute Gasteiger partial charge is 0.455 e. The number of furan rings is 1. The second-order valence-electron chi connectivity index (χ2n) is 13.9. The molecule has 0 atom stereocenters. The van der Waals surface area contributed by atoms with Crippen LogP contribution in [0.15, 0.2) is 217 Å². The van der Waals surface area contributed by atoms with Crippen LogP contribution in [0.4, 0.5) is 17.1 Å². The Morgan fingerprint density at radius 1 is 0.357 bits per heavy atom. The third-order valence-electron chi connectivity index (χ3n) is 10.6. The van der Waals surface area contributed by atoms with E-state index in [2.05, 4.69) is 0 Å². The van der Waals surface area contributed by atoms with Gasteiger partial charge in [0.2, 0.25) is 0 Å². The average Bonchev–Trinajstić information content (AvgIpc) is 3.73. The molecule has 0 aliphatic rings. The standard InChI is InChI=1S/C54H35NO/c1-2-9-36(10-3-1)37-17-19-38(20-18-37)39-23-29-45(30-24-39)55(51-15-8-16-52-53(51)50-34-27-42-12-5-7-14-49(42)54(50)56-52)46-31-25-40(26-32-46)43-28-33-48-44(35-43)22-21-41-11-4-6-13-47(41)48/h1-35H/i23D,24D,25D,26D,29D,30D,31D,32D. The van der Waals surface area contributed by atoms with Crippen LogP contribution in [0.3, 0.4) is 0 Å². The summed E-state index contributed by atoms with van der Waals surface area (Å²) in [5.41, 5.74) is 4.00. The van der Waals surface area contributed by atoms with Crippen LogP contribution in [0.1, 0.15) is 11.0 Å². The van der Waals surface area contributed by atoms with E-state index in [0.29, 0.717) is 38.8 Å². The molecule has 1 aromatic heterocycles. The second-order valence-corrected chi connectivity index (χ2v) is 13.9. The van der Waals surface area contributed by atoms with Crippen molar-refractivity contribution < 1.29 is 15.4 Å². The average molecular weight is 722 g/mol. The summed E-state index contributed by atoms with van der Waals surface area (Å²) < 4.78 is 83.3. The van der Waals surface area contributed by atoms with Gasteiger partial charge >= 0.3 is 0 Å². The van der Waals surface area contributed by atoms with E-state index in [4.69, 9.17) is 4.42 Å². The first-order valence-electron chi connectivity index (χ1n) is 22.5. The Hall–Kier alpha value is -7.42. The molecule has 0 aliphatic carbocycles. The lowest BCUT2D eigenvalue weighted by atomic mass is 9.97. The lowest BCUT2D eigenvalue weighted by molar-refractivity contribution is 0.672. The molecule has 0 saturated carbocycles. The molecule has 0 amide bonds. The van der Waals surface area contributed by atoms with E-state index in [1.165, 1.54) is 4.90 Å². The van der Waals surface area contributed by atoms with Gasteiger partial charge in [-0.15, -0.1) is 0 Å². The van der Waals surface area contributed by atoms with E-state index in [9.17, 15) is 11.0 Å². The van der Waals surface area contributed by atoms with Gasteiger partial charge in [0, 0.05) is 22.1 Å². The molecule has 262 valence electrons. The fourth-order valence-corrected chi connectivity index (χ4v) is 7.83. The molecule has 11 rings (SSSR count). The SMILES string of the molecule is [2H]c1c([2H])c(N(c2c([2H])c([2H])c(-c3ccc4c(ccc5ccccc54)c3)c([2H])c2[2H])c2cccc3oc4c5ccccc5ccc4c23)c([2H])c([2H])c1-c1ccc(-c2ccccc2)cc1. The van der Waals surface area contributed by atoms with Crippen molar-refractivity contribution in [3.05, 3.63) is 212 Å². The second kappa shape index (κ2) is 13.2. The Balaban J connectivity index is 1.16. The summed E-state index contributed by atoms with van der Waals surface area (Å²) in [4.78, 5) is 1.37. The molecular weight excluding hydrogens is 679 g/mol. The van der Waals surface area contributed by atoms with Crippen molar-refractivity contribution in [2.45, 2.75) is 0 Å². The van der Waals surface area contributed by atoms with Crippen molar-refractivity contribution >= 4 is 71.3 Å². The maximum atomic E-state index is 9.71. The maximum Gasteiger partial charge on any atom is 0.143 e. The van der Waals surface area contributed by atoms with E-state index in [0.717, 1.165) is 43.4 Å². The summed E-state index contributed by atoms with van der Waals surface area (Å²) in [7, 11) is 0. The molecule has 1 heterocycles. The molecule has 56 heavy (non-hydrogen) atoms. The number of rotatable bonds is 6. The van der Waals surface area contributed by atoms with Crippen LogP contribution in [0.5, 0.6) is 0 Å². The fourth-order valence-electron chi connectivity index (χ4n) is 7.83. The highest BCUT2D eigenvalue weighted by molar-refractivity contribution is 6.19. The van der Waals surface area contributed by atoms with Crippen LogP contribution in [0.2, 0.25) is 0 Å². The third kappa shape index (κ3) is 5.42. The minimum atomic E-state index is -0.416. The number of anilines is 3. The molecular formula is C54H35NO. The highest BCUT2D eigenvalue weighted by atomic mass is 16.3. The molecule has 11 aromatic rings. The first-order chi connectivity index (χ1) is 31.1. The maximum absolute atomic E-state index is 9.71. The van der Waals surface area contributed by atoms with Crippen LogP contribution < -0.4 is 4.90 Å². The van der Waals surface area contributed by atoms with Crippen LogP contribution >= 0.6 is 0 Å². The Labute approximate surface area is 336 Å². The molecule has 2 nitrogen and oxygen atoms in total. The van der Waals surface area contributed by atoms with Crippen LogP contribution in [0, 0.1) is 0 Å². The van der Waals surface area contributed by atoms with Crippen LogP contribution in [-0.2, 0) is 0 Å². The quantitative estimate of drug-likeness (QED) is 0.159. The molecule has 0 spiro atoms. The lowest BCUT2D eigenvalue weighted by Gasteiger charge is -2.26. The van der Waals surface area contributed by atoms with Gasteiger partial charge in [-0.2, -0.15) is 0 Å². The Morgan fingerprint density at radius 3 is 1.61 bits per heavy atom. The minimum Gasteiger partial charge on any atom is -0.455 e. The van der Waals surface area contributed by atoms with Gasteiger partial charge in [0.1, 0.15) is 11.2 Å². The number of nitrogens with zero attached hydrogens (tertiary/aromatic N) is 1. The van der Waals surface area contributed by atoms with Gasteiger partial charge in [0.05, 0.1) is 22.0 Å². The van der Waals surface area contributed by atoms with E-state index < -0.39 is 24.2 Å². The fraction of sp³-hybridized carbons (Fsp3) is 0. The zero-order valence-corrected chi connectivity index (χ0v) is 29.9. The highest BCUT2D eigenvalue weighted by Crippen LogP contribution is 2.45. The smallest absolute Gasteiger partial charge is 0.143 e. The van der Waals surface area contributed by atoms with Gasteiger partial charge in [-0.1, -0.05) is 164 Å². The van der Waals surface area contributed by atoms with Crippen molar-refractivity contribution in [2.24, 2.45) is 0 Å². The normalized spacial score (nSPS) is 13.6. The molecule has 0 saturated heterocycles. The lowest BCUT2D eigenvalue weighted by Crippen LogP contribution is -2.10. The molecule has 0 radical (unpaired) electrons. The number of hydrogen-bond acceptors (Lipinski definition) is 2. The molecule has 0 N–H and O–H groups in total. The van der Waals surface area contributed by atoms with E-state index >= 15 is 0 Å². The predicted molar refractivity (Wildman–Crippen MR) is 237 cm³/mol. The van der Waals surface area contributed by atoms with Gasteiger partial charge in [-0.05, 0) is 109 Å². The minimum absolute atomic E-state index is 0.0933.